The molecule has 1 fully saturated rings. The van der Waals surface area contributed by atoms with Gasteiger partial charge in [0.05, 0.1) is 0 Å². The lowest BCUT2D eigenvalue weighted by Crippen LogP contribution is -2.39. The van der Waals surface area contributed by atoms with E-state index in [1.54, 1.807) is 0 Å². The number of ketones is 1. The average Bonchev–Trinajstić information content (AvgIpc) is 3.12. The van der Waals surface area contributed by atoms with Crippen molar-refractivity contribution in [1.29, 1.82) is 0 Å². The van der Waals surface area contributed by atoms with Crippen LogP contribution < -0.4 is 5.32 Å². The van der Waals surface area contributed by atoms with Crippen LogP contribution in [0.25, 0.3) is 0 Å². The summed E-state index contributed by atoms with van der Waals surface area (Å²) in [6, 6.07) is 6.07. The number of nitrogens with one attached hydrogen (secondary N) is 1. The van der Waals surface area contributed by atoms with Crippen LogP contribution >= 0.6 is 12.4 Å². The number of rotatable bonds is 7. The zero-order valence-electron chi connectivity index (χ0n) is 15.8. The quantitative estimate of drug-likeness (QED) is 0.739. The molecular weight excluding hydrogens is 348 g/mol. The SMILES string of the molecule is CNCCC1CCN(C(=O)CCC(=O)c2ccc3c(c2)CCC3)CC1.Cl. The molecule has 0 bridgehead atoms. The van der Waals surface area contributed by atoms with Crippen LogP contribution in [0.1, 0.15) is 60.0 Å². The lowest BCUT2D eigenvalue weighted by molar-refractivity contribution is -0.132. The maximum absolute atomic E-state index is 12.4. The van der Waals surface area contributed by atoms with E-state index in [1.807, 2.05) is 24.1 Å². The Morgan fingerprint density at radius 1 is 1.12 bits per heavy atom. The summed E-state index contributed by atoms with van der Waals surface area (Å²) in [6.07, 6.45) is 7.45. The number of likely N-dealkylation sites (tertiary alicyclic amines) is 1. The summed E-state index contributed by atoms with van der Waals surface area (Å²) in [6.45, 7) is 2.74. The summed E-state index contributed by atoms with van der Waals surface area (Å²) in [5.74, 6) is 0.970. The molecule has 1 aliphatic carbocycles. The van der Waals surface area contributed by atoms with E-state index in [1.165, 1.54) is 24.0 Å². The van der Waals surface area contributed by atoms with Gasteiger partial charge in [-0.3, -0.25) is 9.59 Å². The highest BCUT2D eigenvalue weighted by Gasteiger charge is 2.23. The van der Waals surface area contributed by atoms with Gasteiger partial charge in [-0.1, -0.05) is 12.1 Å². The molecule has 0 saturated carbocycles. The topological polar surface area (TPSA) is 49.4 Å². The minimum Gasteiger partial charge on any atom is -0.343 e. The number of nitrogens with zero attached hydrogens (tertiary/aromatic N) is 1. The van der Waals surface area contributed by atoms with E-state index in [9.17, 15) is 9.59 Å². The number of fused-ring (bicyclic) bond motifs is 1. The van der Waals surface area contributed by atoms with Crippen molar-refractivity contribution in [3.63, 3.8) is 0 Å². The van der Waals surface area contributed by atoms with Gasteiger partial charge in [0.15, 0.2) is 5.78 Å². The fraction of sp³-hybridized carbons (Fsp3) is 0.619. The molecule has 3 rings (SSSR count). The summed E-state index contributed by atoms with van der Waals surface area (Å²) in [4.78, 5) is 26.8. The maximum atomic E-state index is 12.4. The fourth-order valence-electron chi connectivity index (χ4n) is 4.09. The van der Waals surface area contributed by atoms with Gasteiger partial charge in [-0.2, -0.15) is 0 Å². The van der Waals surface area contributed by atoms with Crippen molar-refractivity contribution >= 4 is 24.1 Å². The summed E-state index contributed by atoms with van der Waals surface area (Å²) in [5, 5.41) is 3.19. The van der Waals surface area contributed by atoms with Gasteiger partial charge in [0.1, 0.15) is 0 Å². The lowest BCUT2D eigenvalue weighted by atomic mass is 9.93. The summed E-state index contributed by atoms with van der Waals surface area (Å²) in [7, 11) is 1.98. The Labute approximate surface area is 163 Å². The monoisotopic (exact) mass is 378 g/mol. The zero-order valence-corrected chi connectivity index (χ0v) is 16.6. The third-order valence-electron chi connectivity index (χ3n) is 5.76. The molecule has 1 aromatic rings. The van der Waals surface area contributed by atoms with Crippen molar-refractivity contribution in [1.82, 2.24) is 10.2 Å². The van der Waals surface area contributed by atoms with Crippen molar-refractivity contribution in [3.8, 4) is 0 Å². The summed E-state index contributed by atoms with van der Waals surface area (Å²) < 4.78 is 0. The second-order valence-electron chi connectivity index (χ2n) is 7.48. The maximum Gasteiger partial charge on any atom is 0.223 e. The predicted octanol–water partition coefficient (Wildman–Crippen LogP) is 3.41. The number of carbonyl (C=O) groups excluding carboxylic acids is 2. The van der Waals surface area contributed by atoms with Crippen molar-refractivity contribution in [3.05, 3.63) is 34.9 Å². The van der Waals surface area contributed by atoms with Crippen molar-refractivity contribution in [2.24, 2.45) is 5.92 Å². The highest BCUT2D eigenvalue weighted by Crippen LogP contribution is 2.24. The van der Waals surface area contributed by atoms with Gasteiger partial charge >= 0.3 is 0 Å². The Bertz CT molecular complexity index is 624. The molecule has 4 nitrogen and oxygen atoms in total. The molecule has 26 heavy (non-hydrogen) atoms. The molecule has 0 spiro atoms. The fourth-order valence-corrected chi connectivity index (χ4v) is 4.09. The van der Waals surface area contributed by atoms with E-state index < -0.39 is 0 Å². The Kier molecular flexibility index (Phi) is 8.11. The van der Waals surface area contributed by atoms with Gasteiger partial charge in [-0.15, -0.1) is 12.4 Å². The first-order chi connectivity index (χ1) is 12.2. The molecule has 2 aliphatic rings. The number of hydrogen-bond donors (Lipinski definition) is 1. The number of Topliss-reactive ketones (excluding diaryl/α,β-unsaturated/α-hetero) is 1. The lowest BCUT2D eigenvalue weighted by Gasteiger charge is -2.32. The first-order valence-corrected chi connectivity index (χ1v) is 9.74. The number of carbonyl (C=O) groups is 2. The third-order valence-corrected chi connectivity index (χ3v) is 5.76. The van der Waals surface area contributed by atoms with Crippen LogP contribution in [0.5, 0.6) is 0 Å². The number of amides is 1. The minimum atomic E-state index is 0. The van der Waals surface area contributed by atoms with E-state index in [-0.39, 0.29) is 24.1 Å². The molecule has 0 aromatic heterocycles. The van der Waals surface area contributed by atoms with E-state index >= 15 is 0 Å². The molecule has 0 unspecified atom stereocenters. The number of benzene rings is 1. The molecule has 5 heteroatoms. The molecular formula is C21H31ClN2O2. The summed E-state index contributed by atoms with van der Waals surface area (Å²) in [5.41, 5.74) is 3.48. The van der Waals surface area contributed by atoms with Crippen molar-refractivity contribution < 1.29 is 9.59 Å². The molecule has 0 atom stereocenters. The number of aryl methyl sites for hydroxylation is 2. The average molecular weight is 379 g/mol. The van der Waals surface area contributed by atoms with E-state index in [2.05, 4.69) is 11.4 Å². The van der Waals surface area contributed by atoms with Crippen LogP contribution in [-0.2, 0) is 17.6 Å². The summed E-state index contributed by atoms with van der Waals surface area (Å²) >= 11 is 0. The van der Waals surface area contributed by atoms with Crippen LogP contribution in [-0.4, -0.2) is 43.3 Å². The minimum absolute atomic E-state index is 0. The standard InChI is InChI=1S/C21H30N2O2.ClH/c1-22-12-9-16-10-13-23(14-11-16)21(25)8-7-20(24)19-6-5-17-3-2-4-18(17)15-19;/h5-6,15-16,22H,2-4,7-14H2,1H3;1H. The van der Waals surface area contributed by atoms with Crippen LogP contribution in [0.15, 0.2) is 18.2 Å². The highest BCUT2D eigenvalue weighted by atomic mass is 35.5. The first kappa shape index (κ1) is 20.9. The number of piperidine rings is 1. The smallest absolute Gasteiger partial charge is 0.223 e. The Hall–Kier alpha value is -1.39. The largest absolute Gasteiger partial charge is 0.343 e. The van der Waals surface area contributed by atoms with Crippen LogP contribution in [0.2, 0.25) is 0 Å². The molecule has 144 valence electrons. The van der Waals surface area contributed by atoms with Gasteiger partial charge in [0.2, 0.25) is 5.91 Å². The normalized spacial score (nSPS) is 16.9. The van der Waals surface area contributed by atoms with E-state index in [4.69, 9.17) is 0 Å². The number of hydrogen-bond acceptors (Lipinski definition) is 3. The van der Waals surface area contributed by atoms with Crippen molar-refractivity contribution in [2.45, 2.75) is 51.4 Å². The van der Waals surface area contributed by atoms with Gasteiger partial charge < -0.3 is 10.2 Å². The van der Waals surface area contributed by atoms with E-state index in [0.717, 1.165) is 56.8 Å². The Balaban J connectivity index is 0.00000243. The second-order valence-corrected chi connectivity index (χ2v) is 7.48. The van der Waals surface area contributed by atoms with Gasteiger partial charge in [-0.25, -0.2) is 0 Å². The van der Waals surface area contributed by atoms with E-state index in [0.29, 0.717) is 12.8 Å². The molecule has 1 aromatic carbocycles. The molecule has 0 radical (unpaired) electrons. The molecule has 1 aliphatic heterocycles. The Morgan fingerprint density at radius 3 is 2.58 bits per heavy atom. The molecule has 1 saturated heterocycles. The van der Waals surface area contributed by atoms with Gasteiger partial charge in [0, 0.05) is 31.5 Å². The molecule has 1 heterocycles. The zero-order chi connectivity index (χ0) is 17.6. The van der Waals surface area contributed by atoms with Crippen LogP contribution in [0.4, 0.5) is 0 Å². The Morgan fingerprint density at radius 2 is 1.85 bits per heavy atom. The first-order valence-electron chi connectivity index (χ1n) is 9.74. The van der Waals surface area contributed by atoms with Gasteiger partial charge in [-0.05, 0) is 75.2 Å². The molecule has 1 N–H and O–H groups in total. The second kappa shape index (κ2) is 10.1. The molecule has 1 amide bonds. The predicted molar refractivity (Wildman–Crippen MR) is 107 cm³/mol. The van der Waals surface area contributed by atoms with Crippen LogP contribution in [0.3, 0.4) is 0 Å². The highest BCUT2D eigenvalue weighted by molar-refractivity contribution is 5.98. The van der Waals surface area contributed by atoms with Crippen molar-refractivity contribution in [2.75, 3.05) is 26.7 Å². The number of halogens is 1. The van der Waals surface area contributed by atoms with Gasteiger partial charge in [0.25, 0.3) is 0 Å². The third kappa shape index (κ3) is 5.31. The van der Waals surface area contributed by atoms with Crippen LogP contribution in [0, 0.1) is 5.92 Å².